The van der Waals surface area contributed by atoms with Gasteiger partial charge in [-0.25, -0.2) is 4.79 Å². The van der Waals surface area contributed by atoms with Crippen LogP contribution in [0.2, 0.25) is 0 Å². The highest BCUT2D eigenvalue weighted by Crippen LogP contribution is 2.50. The van der Waals surface area contributed by atoms with Crippen molar-refractivity contribution < 1.29 is 9.53 Å². The van der Waals surface area contributed by atoms with E-state index in [0.717, 1.165) is 31.2 Å². The Hall–Kier alpha value is -0.810. The second-order valence-corrected chi connectivity index (χ2v) is 8.18. The van der Waals surface area contributed by atoms with E-state index in [1.807, 2.05) is 11.8 Å². The second-order valence-electron chi connectivity index (χ2n) is 8.18. The Labute approximate surface area is 139 Å². The number of likely N-dealkylation sites (tertiary alicyclic amines) is 2. The van der Waals surface area contributed by atoms with E-state index in [4.69, 9.17) is 4.74 Å². The van der Waals surface area contributed by atoms with Crippen LogP contribution in [0.3, 0.4) is 0 Å². The Morgan fingerprint density at radius 3 is 2.48 bits per heavy atom. The summed E-state index contributed by atoms with van der Waals surface area (Å²) in [6, 6.07) is 2.36. The maximum atomic E-state index is 11.9. The van der Waals surface area contributed by atoms with Crippen molar-refractivity contribution in [3.63, 3.8) is 0 Å². The van der Waals surface area contributed by atoms with Crippen LogP contribution in [0.5, 0.6) is 0 Å². The Kier molecular flexibility index (Phi) is 4.26. The molecule has 4 aliphatic rings. The fraction of sp³-hybridized carbons (Fsp3) is 0.944. The lowest BCUT2D eigenvalue weighted by Crippen LogP contribution is -2.55. The molecule has 2 aliphatic heterocycles. The molecular weight excluding hydrogens is 290 g/mol. The van der Waals surface area contributed by atoms with E-state index in [-0.39, 0.29) is 6.09 Å². The maximum Gasteiger partial charge on any atom is 0.409 e. The molecule has 0 aromatic heterocycles. The number of carbonyl (C=O) groups is 1. The summed E-state index contributed by atoms with van der Waals surface area (Å²) in [5, 5.41) is 3.78. The Morgan fingerprint density at radius 2 is 1.83 bits per heavy atom. The molecule has 2 saturated heterocycles. The number of piperidine rings is 1. The van der Waals surface area contributed by atoms with Crippen LogP contribution in [0.1, 0.15) is 51.9 Å². The Balaban J connectivity index is 1.20. The van der Waals surface area contributed by atoms with Gasteiger partial charge in [-0.2, -0.15) is 0 Å². The third kappa shape index (κ3) is 3.36. The largest absolute Gasteiger partial charge is 0.450 e. The molecular formula is C18H31N3O2. The molecule has 0 atom stereocenters. The molecule has 1 amide bonds. The minimum absolute atomic E-state index is 0.111. The summed E-state index contributed by atoms with van der Waals surface area (Å²) in [7, 11) is 0. The normalized spacial score (nSPS) is 35.5. The molecule has 0 radical (unpaired) electrons. The summed E-state index contributed by atoms with van der Waals surface area (Å²) >= 11 is 0. The van der Waals surface area contributed by atoms with E-state index in [1.165, 1.54) is 58.0 Å². The first kappa shape index (κ1) is 15.7. The number of hydrogen-bond acceptors (Lipinski definition) is 4. The van der Waals surface area contributed by atoms with Crippen molar-refractivity contribution in [3.05, 3.63) is 0 Å². The van der Waals surface area contributed by atoms with Gasteiger partial charge in [-0.3, -0.25) is 0 Å². The van der Waals surface area contributed by atoms with Gasteiger partial charge in [0.25, 0.3) is 0 Å². The van der Waals surface area contributed by atoms with Crippen LogP contribution in [0.4, 0.5) is 4.79 Å². The third-order valence-corrected chi connectivity index (χ3v) is 6.40. The van der Waals surface area contributed by atoms with Gasteiger partial charge < -0.3 is 19.9 Å². The number of hydrogen-bond donors (Lipinski definition) is 1. The highest BCUT2D eigenvalue weighted by atomic mass is 16.6. The average molecular weight is 321 g/mol. The molecule has 1 N–H and O–H groups in total. The lowest BCUT2D eigenvalue weighted by Gasteiger charge is -2.51. The quantitative estimate of drug-likeness (QED) is 0.862. The molecule has 2 heterocycles. The lowest BCUT2D eigenvalue weighted by atomic mass is 9.64. The molecule has 5 heteroatoms. The molecule has 2 aliphatic carbocycles. The zero-order valence-electron chi connectivity index (χ0n) is 14.4. The van der Waals surface area contributed by atoms with Gasteiger partial charge in [0.05, 0.1) is 6.61 Å². The van der Waals surface area contributed by atoms with Crippen molar-refractivity contribution in [2.75, 3.05) is 32.8 Å². The Bertz CT molecular complexity index is 438. The van der Waals surface area contributed by atoms with Crippen molar-refractivity contribution in [2.45, 2.75) is 70.0 Å². The van der Waals surface area contributed by atoms with Gasteiger partial charge in [0, 0.05) is 31.2 Å². The van der Waals surface area contributed by atoms with Crippen LogP contribution in [0.15, 0.2) is 0 Å². The van der Waals surface area contributed by atoms with Gasteiger partial charge in [-0.15, -0.1) is 0 Å². The third-order valence-electron chi connectivity index (χ3n) is 6.40. The van der Waals surface area contributed by atoms with Crippen molar-refractivity contribution in [3.8, 4) is 0 Å². The van der Waals surface area contributed by atoms with Gasteiger partial charge >= 0.3 is 6.09 Å². The summed E-state index contributed by atoms with van der Waals surface area (Å²) in [6.45, 7) is 6.68. The molecule has 1 spiro atoms. The maximum absolute atomic E-state index is 11.9. The van der Waals surface area contributed by atoms with E-state index in [0.29, 0.717) is 12.0 Å². The van der Waals surface area contributed by atoms with Crippen LogP contribution >= 0.6 is 0 Å². The van der Waals surface area contributed by atoms with Crippen LogP contribution in [-0.4, -0.2) is 66.8 Å². The number of nitrogens with one attached hydrogen (secondary N) is 1. The first-order valence-corrected chi connectivity index (χ1v) is 9.59. The zero-order valence-corrected chi connectivity index (χ0v) is 14.4. The molecule has 0 unspecified atom stereocenters. The number of nitrogens with zero attached hydrogens (tertiary/aromatic N) is 2. The summed E-state index contributed by atoms with van der Waals surface area (Å²) < 4.78 is 5.15. The number of amides is 1. The number of ether oxygens (including phenoxy) is 1. The molecule has 130 valence electrons. The molecule has 4 rings (SSSR count). The summed E-state index contributed by atoms with van der Waals surface area (Å²) in [5.41, 5.74) is 0.403. The SMILES string of the molecule is CCOC(=O)N1CCC2(CC(N3CCC(NC4CC4)CC3)C2)C1. The van der Waals surface area contributed by atoms with Crippen LogP contribution < -0.4 is 5.32 Å². The summed E-state index contributed by atoms with van der Waals surface area (Å²) in [4.78, 5) is 16.5. The van der Waals surface area contributed by atoms with Crippen LogP contribution in [0.25, 0.3) is 0 Å². The zero-order chi connectivity index (χ0) is 15.9. The second kappa shape index (κ2) is 6.25. The first-order valence-electron chi connectivity index (χ1n) is 9.59. The highest BCUT2D eigenvalue weighted by Gasteiger charge is 2.51. The van der Waals surface area contributed by atoms with E-state index < -0.39 is 0 Å². The predicted molar refractivity (Wildman–Crippen MR) is 89.4 cm³/mol. The van der Waals surface area contributed by atoms with E-state index >= 15 is 0 Å². The molecule has 0 bridgehead atoms. The standard InChI is InChI=1S/C18H31N3O2/c1-2-23-17(22)21-10-7-18(13-21)11-16(12-18)20-8-5-15(6-9-20)19-14-3-4-14/h14-16,19H,2-13H2,1H3. The lowest BCUT2D eigenvalue weighted by molar-refractivity contribution is -0.00618. The minimum Gasteiger partial charge on any atom is -0.450 e. The molecule has 2 saturated carbocycles. The van der Waals surface area contributed by atoms with E-state index in [9.17, 15) is 4.79 Å². The van der Waals surface area contributed by atoms with Crippen molar-refractivity contribution >= 4 is 6.09 Å². The fourth-order valence-corrected chi connectivity index (χ4v) is 4.85. The Morgan fingerprint density at radius 1 is 1.13 bits per heavy atom. The summed E-state index contributed by atoms with van der Waals surface area (Å²) in [6.07, 6.45) is 9.03. The number of carbonyl (C=O) groups excluding carboxylic acids is 1. The minimum atomic E-state index is -0.111. The highest BCUT2D eigenvalue weighted by molar-refractivity contribution is 5.68. The van der Waals surface area contributed by atoms with E-state index in [2.05, 4.69) is 10.2 Å². The van der Waals surface area contributed by atoms with Crippen molar-refractivity contribution in [1.29, 1.82) is 0 Å². The molecule has 4 fully saturated rings. The monoisotopic (exact) mass is 321 g/mol. The topological polar surface area (TPSA) is 44.8 Å². The van der Waals surface area contributed by atoms with Gasteiger partial charge in [-0.1, -0.05) is 0 Å². The van der Waals surface area contributed by atoms with Crippen molar-refractivity contribution in [1.82, 2.24) is 15.1 Å². The first-order chi connectivity index (χ1) is 11.2. The fourth-order valence-electron chi connectivity index (χ4n) is 4.85. The average Bonchev–Trinajstić information content (AvgIpc) is 3.21. The number of rotatable bonds is 4. The van der Waals surface area contributed by atoms with Gasteiger partial charge in [0.15, 0.2) is 0 Å². The van der Waals surface area contributed by atoms with Gasteiger partial charge in [0.2, 0.25) is 0 Å². The molecule has 0 aromatic rings. The molecule has 23 heavy (non-hydrogen) atoms. The van der Waals surface area contributed by atoms with Gasteiger partial charge in [-0.05, 0) is 70.4 Å². The smallest absolute Gasteiger partial charge is 0.409 e. The summed E-state index contributed by atoms with van der Waals surface area (Å²) in [5.74, 6) is 0. The van der Waals surface area contributed by atoms with Crippen LogP contribution in [-0.2, 0) is 4.74 Å². The van der Waals surface area contributed by atoms with Crippen LogP contribution in [0, 0.1) is 5.41 Å². The molecule has 0 aromatic carbocycles. The van der Waals surface area contributed by atoms with E-state index in [1.54, 1.807) is 0 Å². The van der Waals surface area contributed by atoms with Crippen molar-refractivity contribution in [2.24, 2.45) is 5.41 Å². The molecule has 5 nitrogen and oxygen atoms in total. The predicted octanol–water partition coefficient (Wildman–Crippen LogP) is 2.21. The van der Waals surface area contributed by atoms with Gasteiger partial charge in [0.1, 0.15) is 0 Å².